The van der Waals surface area contributed by atoms with Gasteiger partial charge in [0.15, 0.2) is 0 Å². The molecule has 1 rings (SSSR count). The van der Waals surface area contributed by atoms with Gasteiger partial charge in [0, 0.05) is 6.61 Å². The van der Waals surface area contributed by atoms with Gasteiger partial charge < -0.3 is 5.11 Å². The summed E-state index contributed by atoms with van der Waals surface area (Å²) >= 11 is 0. The van der Waals surface area contributed by atoms with Crippen molar-refractivity contribution in [1.29, 1.82) is 0 Å². The lowest BCUT2D eigenvalue weighted by Crippen LogP contribution is -2.21. The number of hydrogen-bond donors (Lipinski definition) is 1. The molecule has 0 spiro atoms. The topological polar surface area (TPSA) is 20.2 Å². The lowest BCUT2D eigenvalue weighted by Gasteiger charge is -2.30. The van der Waals surface area contributed by atoms with Crippen molar-refractivity contribution in [2.24, 2.45) is 17.3 Å². The molecular weight excluding hydrogens is 172 g/mol. The minimum Gasteiger partial charge on any atom is -0.396 e. The SMILES string of the molecule is CC1=CCC(CC[C@@H](C)CO)C1(C)C. The molecule has 0 heterocycles. The van der Waals surface area contributed by atoms with Crippen LogP contribution >= 0.6 is 0 Å². The molecule has 1 heteroatoms. The van der Waals surface area contributed by atoms with Crippen LogP contribution in [0.3, 0.4) is 0 Å². The number of aliphatic hydroxyl groups excluding tert-OH is 1. The van der Waals surface area contributed by atoms with Crippen LogP contribution in [0.2, 0.25) is 0 Å². The highest BCUT2D eigenvalue weighted by molar-refractivity contribution is 5.18. The van der Waals surface area contributed by atoms with Crippen molar-refractivity contribution in [3.8, 4) is 0 Å². The zero-order valence-electron chi connectivity index (χ0n) is 10.0. The van der Waals surface area contributed by atoms with Gasteiger partial charge in [0.2, 0.25) is 0 Å². The van der Waals surface area contributed by atoms with E-state index < -0.39 is 0 Å². The summed E-state index contributed by atoms with van der Waals surface area (Å²) in [6, 6.07) is 0. The molecule has 14 heavy (non-hydrogen) atoms. The molecule has 0 radical (unpaired) electrons. The molecular formula is C13H24O. The second-order valence-electron chi connectivity index (χ2n) is 5.41. The highest BCUT2D eigenvalue weighted by Crippen LogP contribution is 2.45. The molecule has 0 aromatic rings. The normalized spacial score (nSPS) is 27.5. The molecule has 0 saturated carbocycles. The van der Waals surface area contributed by atoms with Gasteiger partial charge in [-0.3, -0.25) is 0 Å². The fraction of sp³-hybridized carbons (Fsp3) is 0.846. The second-order valence-corrected chi connectivity index (χ2v) is 5.41. The van der Waals surface area contributed by atoms with E-state index in [-0.39, 0.29) is 0 Å². The van der Waals surface area contributed by atoms with Crippen LogP contribution in [0, 0.1) is 17.3 Å². The van der Waals surface area contributed by atoms with Gasteiger partial charge in [0.25, 0.3) is 0 Å². The predicted molar refractivity (Wildman–Crippen MR) is 61.1 cm³/mol. The van der Waals surface area contributed by atoms with Crippen molar-refractivity contribution in [2.75, 3.05) is 6.61 Å². The monoisotopic (exact) mass is 196 g/mol. The number of rotatable bonds is 4. The summed E-state index contributed by atoms with van der Waals surface area (Å²) in [6.45, 7) is 9.40. The molecule has 0 amide bonds. The highest BCUT2D eigenvalue weighted by Gasteiger charge is 2.34. The molecule has 1 aliphatic rings. The van der Waals surface area contributed by atoms with E-state index in [2.05, 4.69) is 33.8 Å². The summed E-state index contributed by atoms with van der Waals surface area (Å²) in [6.07, 6.45) is 6.03. The molecule has 0 aromatic heterocycles. The van der Waals surface area contributed by atoms with Gasteiger partial charge in [0.1, 0.15) is 0 Å². The van der Waals surface area contributed by atoms with Crippen molar-refractivity contribution in [1.82, 2.24) is 0 Å². The molecule has 0 bridgehead atoms. The van der Waals surface area contributed by atoms with E-state index in [1.54, 1.807) is 5.57 Å². The zero-order chi connectivity index (χ0) is 10.8. The van der Waals surface area contributed by atoms with E-state index in [9.17, 15) is 0 Å². The summed E-state index contributed by atoms with van der Waals surface area (Å²) < 4.78 is 0. The smallest absolute Gasteiger partial charge is 0.0456 e. The van der Waals surface area contributed by atoms with Gasteiger partial charge in [-0.1, -0.05) is 32.4 Å². The lowest BCUT2D eigenvalue weighted by molar-refractivity contribution is 0.202. The van der Waals surface area contributed by atoms with Crippen LogP contribution in [0.15, 0.2) is 11.6 Å². The average Bonchev–Trinajstić information content (AvgIpc) is 2.39. The molecule has 0 fully saturated rings. The molecule has 1 N–H and O–H groups in total. The molecule has 0 saturated heterocycles. The van der Waals surface area contributed by atoms with Crippen molar-refractivity contribution in [3.05, 3.63) is 11.6 Å². The third-order valence-electron chi connectivity index (χ3n) is 4.07. The van der Waals surface area contributed by atoms with E-state index >= 15 is 0 Å². The highest BCUT2D eigenvalue weighted by atomic mass is 16.3. The summed E-state index contributed by atoms with van der Waals surface area (Å²) in [7, 11) is 0. The molecule has 1 aliphatic carbocycles. The van der Waals surface area contributed by atoms with Gasteiger partial charge in [-0.15, -0.1) is 0 Å². The van der Waals surface area contributed by atoms with Crippen LogP contribution in [-0.4, -0.2) is 11.7 Å². The van der Waals surface area contributed by atoms with E-state index in [0.29, 0.717) is 17.9 Å². The van der Waals surface area contributed by atoms with Crippen LogP contribution in [0.1, 0.15) is 47.0 Å². The van der Waals surface area contributed by atoms with E-state index in [1.807, 2.05) is 0 Å². The Bertz CT molecular complexity index is 215. The summed E-state index contributed by atoms with van der Waals surface area (Å²) in [5.74, 6) is 1.25. The third kappa shape index (κ3) is 2.38. The first kappa shape index (κ1) is 11.8. The Morgan fingerprint density at radius 2 is 2.21 bits per heavy atom. The fourth-order valence-electron chi connectivity index (χ4n) is 2.25. The van der Waals surface area contributed by atoms with Gasteiger partial charge in [-0.05, 0) is 43.4 Å². The maximum absolute atomic E-state index is 8.98. The molecule has 0 aromatic carbocycles. The zero-order valence-corrected chi connectivity index (χ0v) is 10.0. The molecule has 2 atom stereocenters. The van der Waals surface area contributed by atoms with Crippen LogP contribution in [0.25, 0.3) is 0 Å². The van der Waals surface area contributed by atoms with E-state index in [0.717, 1.165) is 12.3 Å². The van der Waals surface area contributed by atoms with Crippen LogP contribution in [0.5, 0.6) is 0 Å². The van der Waals surface area contributed by atoms with Gasteiger partial charge in [-0.2, -0.15) is 0 Å². The molecule has 82 valence electrons. The van der Waals surface area contributed by atoms with Crippen LogP contribution in [-0.2, 0) is 0 Å². The quantitative estimate of drug-likeness (QED) is 0.683. The van der Waals surface area contributed by atoms with Gasteiger partial charge >= 0.3 is 0 Å². The Labute approximate surface area is 88.2 Å². The standard InChI is InChI=1S/C13H24O/c1-10(9-14)5-7-12-8-6-11(2)13(12,3)4/h6,10,12,14H,5,7-9H2,1-4H3/t10-,12?/m1/s1. The van der Waals surface area contributed by atoms with Crippen LogP contribution < -0.4 is 0 Å². The Morgan fingerprint density at radius 3 is 2.64 bits per heavy atom. The minimum atomic E-state index is 0.333. The van der Waals surface area contributed by atoms with Gasteiger partial charge in [-0.25, -0.2) is 0 Å². The lowest BCUT2D eigenvalue weighted by atomic mass is 9.75. The summed E-state index contributed by atoms with van der Waals surface area (Å²) in [5, 5.41) is 8.98. The maximum Gasteiger partial charge on any atom is 0.0456 e. The molecule has 0 aliphatic heterocycles. The second kappa shape index (κ2) is 4.48. The minimum absolute atomic E-state index is 0.333. The number of aliphatic hydroxyl groups is 1. The summed E-state index contributed by atoms with van der Waals surface area (Å²) in [5.41, 5.74) is 1.92. The van der Waals surface area contributed by atoms with Crippen molar-refractivity contribution in [3.63, 3.8) is 0 Å². The number of hydrogen-bond acceptors (Lipinski definition) is 1. The fourth-order valence-corrected chi connectivity index (χ4v) is 2.25. The first-order chi connectivity index (χ1) is 6.48. The average molecular weight is 196 g/mol. The van der Waals surface area contributed by atoms with Crippen molar-refractivity contribution >= 4 is 0 Å². The number of allylic oxidation sites excluding steroid dienone is 2. The first-order valence-electron chi connectivity index (χ1n) is 5.76. The van der Waals surface area contributed by atoms with Crippen molar-refractivity contribution < 1.29 is 5.11 Å². The third-order valence-corrected chi connectivity index (χ3v) is 4.07. The largest absolute Gasteiger partial charge is 0.396 e. The molecule has 1 unspecified atom stereocenters. The van der Waals surface area contributed by atoms with E-state index in [1.165, 1.54) is 12.8 Å². The Kier molecular flexibility index (Phi) is 3.77. The predicted octanol–water partition coefficient (Wildman–Crippen LogP) is 3.39. The van der Waals surface area contributed by atoms with Gasteiger partial charge in [0.05, 0.1) is 0 Å². The Hall–Kier alpha value is -0.300. The molecule has 1 nitrogen and oxygen atoms in total. The summed E-state index contributed by atoms with van der Waals surface area (Å²) in [4.78, 5) is 0. The maximum atomic E-state index is 8.98. The van der Waals surface area contributed by atoms with Crippen molar-refractivity contribution in [2.45, 2.75) is 47.0 Å². The van der Waals surface area contributed by atoms with E-state index in [4.69, 9.17) is 5.11 Å². The first-order valence-corrected chi connectivity index (χ1v) is 5.76. The Morgan fingerprint density at radius 1 is 1.57 bits per heavy atom. The Balaban J connectivity index is 2.41. The van der Waals surface area contributed by atoms with Crippen LogP contribution in [0.4, 0.5) is 0 Å².